The van der Waals surface area contributed by atoms with Crippen molar-refractivity contribution in [2.45, 2.75) is 0 Å². The van der Waals surface area contributed by atoms with Gasteiger partial charge in [-0.3, -0.25) is 0 Å². The van der Waals surface area contributed by atoms with Crippen molar-refractivity contribution < 1.29 is 9.47 Å². The molecule has 18 heavy (non-hydrogen) atoms. The molecule has 0 aromatic heterocycles. The Kier molecular flexibility index (Phi) is 4.00. The van der Waals surface area contributed by atoms with Crippen molar-refractivity contribution in [1.29, 1.82) is 0 Å². The zero-order chi connectivity index (χ0) is 13.1. The fourth-order valence-corrected chi connectivity index (χ4v) is 2.11. The number of methoxy groups -OCH3 is 2. The molecule has 2 nitrogen and oxygen atoms in total. The third-order valence-corrected chi connectivity index (χ3v) is 3.04. The predicted molar refractivity (Wildman–Crippen MR) is 73.8 cm³/mol. The number of rotatable bonds is 3. The molecule has 0 saturated carbocycles. The van der Waals surface area contributed by atoms with E-state index in [9.17, 15) is 0 Å². The van der Waals surface area contributed by atoms with Gasteiger partial charge in [0.2, 0.25) is 0 Å². The Hall–Kier alpha value is -1.38. The summed E-state index contributed by atoms with van der Waals surface area (Å²) < 4.78 is 10.4. The molecule has 2 rings (SSSR count). The summed E-state index contributed by atoms with van der Waals surface area (Å²) in [5.74, 6) is 1.41. The fraction of sp³-hybridized carbons (Fsp3) is 0.143. The maximum absolute atomic E-state index is 6.13. The van der Waals surface area contributed by atoms with E-state index in [1.54, 1.807) is 26.4 Å². The molecule has 1 radical (unpaired) electrons. The van der Waals surface area contributed by atoms with Crippen molar-refractivity contribution in [2.24, 2.45) is 0 Å². The van der Waals surface area contributed by atoms with E-state index in [0.717, 1.165) is 11.1 Å². The van der Waals surface area contributed by atoms with E-state index in [-0.39, 0.29) is 0 Å². The lowest BCUT2D eigenvalue weighted by atomic mass is 10.0. The first kappa shape index (κ1) is 13.1. The minimum Gasteiger partial charge on any atom is -0.497 e. The Morgan fingerprint density at radius 1 is 0.944 bits per heavy atom. The van der Waals surface area contributed by atoms with Crippen LogP contribution < -0.4 is 9.47 Å². The van der Waals surface area contributed by atoms with Crippen LogP contribution in [0, 0.1) is 6.07 Å². The Labute approximate surface area is 116 Å². The maximum atomic E-state index is 6.13. The molecule has 0 fully saturated rings. The van der Waals surface area contributed by atoms with Gasteiger partial charge in [0.15, 0.2) is 0 Å². The Morgan fingerprint density at radius 2 is 1.56 bits per heavy atom. The van der Waals surface area contributed by atoms with Gasteiger partial charge in [-0.05, 0) is 23.8 Å². The summed E-state index contributed by atoms with van der Waals surface area (Å²) in [6, 6.07) is 12.0. The first-order valence-corrected chi connectivity index (χ1v) is 6.00. The van der Waals surface area contributed by atoms with Gasteiger partial charge in [0.05, 0.1) is 24.3 Å². The van der Waals surface area contributed by atoms with E-state index in [2.05, 4.69) is 6.07 Å². The topological polar surface area (TPSA) is 18.5 Å². The molecule has 0 spiro atoms. The first-order chi connectivity index (χ1) is 8.63. The SMILES string of the molecule is COc1cc(OC)cc(-c2ccc(Cl)[c]c2Cl)c1. The standard InChI is InChI=1S/C14H11Cl2O2/c1-17-11-5-9(6-12(8-11)18-2)13-4-3-10(15)7-14(13)16/h3-6,8H,1-2H3. The average molecular weight is 282 g/mol. The lowest BCUT2D eigenvalue weighted by molar-refractivity contribution is 0.394. The van der Waals surface area contributed by atoms with Crippen molar-refractivity contribution >= 4 is 23.2 Å². The smallest absolute Gasteiger partial charge is 0.123 e. The van der Waals surface area contributed by atoms with Crippen LogP contribution in [0.3, 0.4) is 0 Å². The second-order valence-corrected chi connectivity index (χ2v) is 4.42. The Balaban J connectivity index is 2.55. The van der Waals surface area contributed by atoms with Crippen LogP contribution in [-0.2, 0) is 0 Å². The van der Waals surface area contributed by atoms with Gasteiger partial charge < -0.3 is 9.47 Å². The molecule has 0 amide bonds. The van der Waals surface area contributed by atoms with Crippen molar-refractivity contribution in [1.82, 2.24) is 0 Å². The highest BCUT2D eigenvalue weighted by atomic mass is 35.5. The Bertz CT molecular complexity index is 545. The first-order valence-electron chi connectivity index (χ1n) is 5.25. The van der Waals surface area contributed by atoms with Gasteiger partial charge in [-0.25, -0.2) is 0 Å². The number of hydrogen-bond donors (Lipinski definition) is 0. The van der Waals surface area contributed by atoms with Crippen molar-refractivity contribution in [3.63, 3.8) is 0 Å². The van der Waals surface area contributed by atoms with Crippen LogP contribution in [0.2, 0.25) is 10.0 Å². The lowest BCUT2D eigenvalue weighted by Gasteiger charge is -2.10. The number of hydrogen-bond acceptors (Lipinski definition) is 2. The highest BCUT2D eigenvalue weighted by molar-refractivity contribution is 6.36. The summed E-state index contributed by atoms with van der Waals surface area (Å²) in [4.78, 5) is 0. The molecule has 0 bridgehead atoms. The monoisotopic (exact) mass is 281 g/mol. The fourth-order valence-electron chi connectivity index (χ4n) is 1.63. The molecule has 0 saturated heterocycles. The van der Waals surface area contributed by atoms with Gasteiger partial charge in [-0.15, -0.1) is 0 Å². The molecule has 0 aliphatic heterocycles. The van der Waals surface area contributed by atoms with Crippen molar-refractivity contribution in [3.05, 3.63) is 46.4 Å². The quantitative estimate of drug-likeness (QED) is 0.826. The van der Waals surface area contributed by atoms with Crippen LogP contribution in [0.4, 0.5) is 0 Å². The van der Waals surface area contributed by atoms with Crippen LogP contribution in [-0.4, -0.2) is 14.2 Å². The summed E-state index contributed by atoms with van der Waals surface area (Å²) >= 11 is 12.0. The Morgan fingerprint density at radius 3 is 2.06 bits per heavy atom. The molecule has 0 atom stereocenters. The number of halogens is 2. The van der Waals surface area contributed by atoms with Crippen LogP contribution in [0.1, 0.15) is 0 Å². The molecule has 2 aromatic carbocycles. The van der Waals surface area contributed by atoms with E-state index >= 15 is 0 Å². The second-order valence-electron chi connectivity index (χ2n) is 3.64. The van der Waals surface area contributed by atoms with E-state index in [1.165, 1.54) is 0 Å². The van der Waals surface area contributed by atoms with Crippen LogP contribution in [0.25, 0.3) is 11.1 Å². The van der Waals surface area contributed by atoms with E-state index in [4.69, 9.17) is 32.7 Å². The highest BCUT2D eigenvalue weighted by Gasteiger charge is 2.08. The predicted octanol–water partition coefficient (Wildman–Crippen LogP) is 4.48. The summed E-state index contributed by atoms with van der Waals surface area (Å²) in [6.45, 7) is 0. The molecule has 0 unspecified atom stereocenters. The second kappa shape index (κ2) is 5.51. The molecule has 0 heterocycles. The molecule has 0 aliphatic carbocycles. The molecule has 0 N–H and O–H groups in total. The third-order valence-electron chi connectivity index (χ3n) is 2.52. The average Bonchev–Trinajstić information content (AvgIpc) is 2.38. The molecular formula is C14H11Cl2O2. The van der Waals surface area contributed by atoms with E-state index in [1.807, 2.05) is 18.2 Å². The summed E-state index contributed by atoms with van der Waals surface area (Å²) in [7, 11) is 3.21. The van der Waals surface area contributed by atoms with Gasteiger partial charge in [-0.2, -0.15) is 0 Å². The molecule has 93 valence electrons. The van der Waals surface area contributed by atoms with Gasteiger partial charge in [0, 0.05) is 17.7 Å². The van der Waals surface area contributed by atoms with Gasteiger partial charge in [0.1, 0.15) is 11.5 Å². The van der Waals surface area contributed by atoms with Crippen molar-refractivity contribution in [2.75, 3.05) is 14.2 Å². The summed E-state index contributed by atoms with van der Waals surface area (Å²) in [5.41, 5.74) is 1.72. The van der Waals surface area contributed by atoms with Crippen LogP contribution >= 0.6 is 23.2 Å². The minimum absolute atomic E-state index is 0.470. The van der Waals surface area contributed by atoms with E-state index < -0.39 is 0 Å². The van der Waals surface area contributed by atoms with Gasteiger partial charge in [0.25, 0.3) is 0 Å². The molecular weight excluding hydrogens is 271 g/mol. The van der Waals surface area contributed by atoms with E-state index in [0.29, 0.717) is 21.5 Å². The largest absolute Gasteiger partial charge is 0.497 e. The molecule has 2 aromatic rings. The zero-order valence-electron chi connectivity index (χ0n) is 9.96. The molecule has 0 aliphatic rings. The summed E-state index contributed by atoms with van der Waals surface area (Å²) in [5, 5.41) is 0.955. The normalized spacial score (nSPS) is 10.2. The van der Waals surface area contributed by atoms with Crippen LogP contribution in [0.15, 0.2) is 30.3 Å². The van der Waals surface area contributed by atoms with Crippen LogP contribution in [0.5, 0.6) is 11.5 Å². The van der Waals surface area contributed by atoms with Gasteiger partial charge >= 0.3 is 0 Å². The van der Waals surface area contributed by atoms with Gasteiger partial charge in [-0.1, -0.05) is 29.3 Å². The maximum Gasteiger partial charge on any atom is 0.123 e. The lowest BCUT2D eigenvalue weighted by Crippen LogP contribution is -1.89. The minimum atomic E-state index is 0.470. The molecule has 4 heteroatoms. The highest BCUT2D eigenvalue weighted by Crippen LogP contribution is 2.34. The number of benzene rings is 2. The number of ether oxygens (including phenoxy) is 2. The van der Waals surface area contributed by atoms with Crippen molar-refractivity contribution in [3.8, 4) is 22.6 Å². The summed E-state index contributed by atoms with van der Waals surface area (Å²) in [6.07, 6.45) is 0. The zero-order valence-corrected chi connectivity index (χ0v) is 11.5. The third kappa shape index (κ3) is 2.71.